The predicted molar refractivity (Wildman–Crippen MR) is 230 cm³/mol. The van der Waals surface area contributed by atoms with E-state index < -0.39 is 12.1 Å². The second kappa shape index (κ2) is 16.0. The molecule has 9 aromatic rings. The maximum atomic E-state index is 14.8. The van der Waals surface area contributed by atoms with E-state index in [9.17, 15) is 10.2 Å². The van der Waals surface area contributed by atoms with E-state index in [1.165, 1.54) is 0 Å². The number of benzene rings is 7. The fourth-order valence-corrected chi connectivity index (χ4v) is 8.89. The molecular weight excluding hydrogens is 726 g/mol. The van der Waals surface area contributed by atoms with Crippen molar-refractivity contribution in [2.24, 2.45) is 0 Å². The molecule has 2 unspecified atom stereocenters. The quantitative estimate of drug-likeness (QED) is 0.165. The molecule has 2 aliphatic rings. The minimum atomic E-state index is -1.10. The number of aromatic nitrogens is 3. The first-order chi connectivity index (χ1) is 28.6. The zero-order chi connectivity index (χ0) is 38.7. The zero-order valence-corrected chi connectivity index (χ0v) is 33.2. The molecule has 8 heteroatoms. The molecule has 1 aliphatic heterocycles. The van der Waals surface area contributed by atoms with Gasteiger partial charge in [0, 0.05) is 39.8 Å². The second-order valence-corrected chi connectivity index (χ2v) is 14.8. The van der Waals surface area contributed by atoms with Crippen LogP contribution in [0.4, 0.5) is 0 Å². The first-order valence-corrected chi connectivity index (χ1v) is 19.5. The van der Waals surface area contributed by atoms with Gasteiger partial charge in [0.25, 0.3) is 0 Å². The molecule has 2 atom stereocenters. The van der Waals surface area contributed by atoms with E-state index in [-0.39, 0.29) is 43.5 Å². The van der Waals surface area contributed by atoms with Crippen LogP contribution in [0.3, 0.4) is 0 Å². The van der Waals surface area contributed by atoms with Crippen molar-refractivity contribution in [1.29, 1.82) is 0 Å². The van der Waals surface area contributed by atoms with Crippen LogP contribution in [0.5, 0.6) is 5.75 Å². The van der Waals surface area contributed by atoms with E-state index in [0.717, 1.165) is 82.5 Å². The maximum absolute atomic E-state index is 14.8. The Bertz CT molecular complexity index is 3210. The van der Waals surface area contributed by atoms with Gasteiger partial charge in [-0.05, 0) is 90.7 Å². The van der Waals surface area contributed by atoms with Crippen molar-refractivity contribution >= 4 is 55.0 Å². The van der Waals surface area contributed by atoms with Crippen molar-refractivity contribution in [2.45, 2.75) is 12.1 Å². The minimum Gasteiger partial charge on any atom is -0.868 e. The molecular formula is C52H34Li2N4O2+2. The van der Waals surface area contributed by atoms with Gasteiger partial charge in [0.2, 0.25) is 5.52 Å². The summed E-state index contributed by atoms with van der Waals surface area (Å²) >= 11 is 0. The Morgan fingerprint density at radius 1 is 0.567 bits per heavy atom. The largest absolute Gasteiger partial charge is 1.00 e. The molecule has 0 saturated heterocycles. The molecule has 0 saturated carbocycles. The Balaban J connectivity index is 0.00000231. The van der Waals surface area contributed by atoms with Crippen LogP contribution in [0.15, 0.2) is 182 Å². The van der Waals surface area contributed by atoms with E-state index in [2.05, 4.69) is 76.7 Å². The molecule has 0 bridgehead atoms. The van der Waals surface area contributed by atoms with Gasteiger partial charge in [-0.25, -0.2) is 19.9 Å². The van der Waals surface area contributed by atoms with Crippen molar-refractivity contribution in [3.63, 3.8) is 0 Å². The van der Waals surface area contributed by atoms with Crippen LogP contribution in [0.1, 0.15) is 5.56 Å². The van der Waals surface area contributed by atoms with Gasteiger partial charge in [-0.1, -0.05) is 133 Å². The fraction of sp³-hybridized carbons (Fsp3) is 0.0385. The number of allylic oxidation sites excluding steroid dienone is 3. The summed E-state index contributed by atoms with van der Waals surface area (Å²) in [5.74, 6) is 0.519. The van der Waals surface area contributed by atoms with Crippen molar-refractivity contribution in [3.05, 3.63) is 187 Å². The smallest absolute Gasteiger partial charge is 0.868 e. The fourth-order valence-electron chi connectivity index (χ4n) is 8.89. The molecule has 0 radical (unpaired) electrons. The van der Waals surface area contributed by atoms with Crippen LogP contribution in [0, 0.1) is 0 Å². The second-order valence-electron chi connectivity index (χ2n) is 14.8. The van der Waals surface area contributed by atoms with Crippen LogP contribution in [-0.2, 0) is 0 Å². The third-order valence-corrected chi connectivity index (χ3v) is 11.6. The molecule has 0 fully saturated rings. The Labute approximate surface area is 370 Å². The molecule has 6 nitrogen and oxygen atoms in total. The van der Waals surface area contributed by atoms with Crippen LogP contribution in [0.25, 0.3) is 93.8 Å². The summed E-state index contributed by atoms with van der Waals surface area (Å²) in [4.78, 5) is 17.0. The Morgan fingerprint density at radius 2 is 1.23 bits per heavy atom. The summed E-state index contributed by atoms with van der Waals surface area (Å²) in [5, 5.41) is 35.6. The van der Waals surface area contributed by atoms with Gasteiger partial charge in [-0.15, -0.1) is 0 Å². The summed E-state index contributed by atoms with van der Waals surface area (Å²) in [7, 11) is 0. The Hall–Kier alpha value is -6.35. The monoisotopic (exact) mass is 760 g/mol. The number of hydrogen-bond acceptors (Lipinski definition) is 4. The van der Waals surface area contributed by atoms with E-state index in [0.29, 0.717) is 22.5 Å². The molecule has 2 N–H and O–H groups in total. The molecule has 3 heterocycles. The van der Waals surface area contributed by atoms with Gasteiger partial charge >= 0.3 is 37.7 Å². The van der Waals surface area contributed by atoms with Gasteiger partial charge < -0.3 is 10.2 Å². The van der Waals surface area contributed by atoms with Gasteiger partial charge in [0.1, 0.15) is 0 Å². The van der Waals surface area contributed by atoms with Crippen molar-refractivity contribution in [1.82, 2.24) is 9.97 Å². The van der Waals surface area contributed by atoms with E-state index in [1.54, 1.807) is 6.20 Å². The molecule has 2 aromatic heterocycles. The van der Waals surface area contributed by atoms with Gasteiger partial charge in [-0.3, -0.25) is 0 Å². The summed E-state index contributed by atoms with van der Waals surface area (Å²) in [5.41, 5.74) is 9.00. The Kier molecular flexibility index (Phi) is 10.4. The normalized spacial score (nSPS) is 15.6. The number of fused-ring (bicyclic) bond motifs is 6. The minimum absolute atomic E-state index is 0. The molecule has 11 rings (SSSR count). The van der Waals surface area contributed by atoms with E-state index >= 15 is 0 Å². The average Bonchev–Trinajstić information content (AvgIpc) is 3.29. The van der Waals surface area contributed by atoms with Crippen LogP contribution in [-0.4, -0.2) is 28.3 Å². The number of rotatable bonds is 5. The summed E-state index contributed by atoms with van der Waals surface area (Å²) < 4.78 is 0. The first kappa shape index (κ1) is 39.1. The summed E-state index contributed by atoms with van der Waals surface area (Å²) in [6, 6.07) is 48.4. The molecule has 60 heavy (non-hydrogen) atoms. The third-order valence-electron chi connectivity index (χ3n) is 11.6. The number of aromatic amines is 1. The van der Waals surface area contributed by atoms with Crippen molar-refractivity contribution in [2.75, 3.05) is 0 Å². The predicted octanol–water partition coefficient (Wildman–Crippen LogP) is 1.80. The molecule has 7 aromatic carbocycles. The average molecular weight is 761 g/mol. The number of H-pyrrole nitrogens is 1. The van der Waals surface area contributed by atoms with Crippen molar-refractivity contribution in [3.8, 4) is 50.8 Å². The van der Waals surface area contributed by atoms with Crippen molar-refractivity contribution < 1.29 is 57.9 Å². The zero-order valence-electron chi connectivity index (χ0n) is 33.2. The van der Waals surface area contributed by atoms with Crippen LogP contribution in [0.2, 0.25) is 0 Å². The number of nitrogens with zero attached hydrogens (tertiary/aromatic N) is 2. The summed E-state index contributed by atoms with van der Waals surface area (Å²) in [6.45, 7) is 0. The van der Waals surface area contributed by atoms with E-state index in [1.807, 2.05) is 109 Å². The third kappa shape index (κ3) is 6.42. The SMILES string of the molecule is [Li+].[Li+].[O-]c1c(-c2c3ccccc3c(C3=CC=C4C=CC=[NH+]C4C3[O-])c3c2ccc2c(-c4nc(-c5ccccc5)cc(-c5ccccc5)n4)cccc23)ccc2ccc[nH+]c12. The first-order valence-electron chi connectivity index (χ1n) is 19.5. The van der Waals surface area contributed by atoms with Gasteiger partial charge in [0.15, 0.2) is 24.3 Å². The molecule has 0 amide bonds. The maximum Gasteiger partial charge on any atom is 1.00 e. The van der Waals surface area contributed by atoms with Gasteiger partial charge in [-0.2, -0.15) is 0 Å². The van der Waals surface area contributed by atoms with Gasteiger partial charge in [0.05, 0.1) is 11.4 Å². The number of hydrogen-bond donors (Lipinski definition) is 1. The topological polar surface area (TPSA) is 100 Å². The van der Waals surface area contributed by atoms with E-state index in [4.69, 9.17) is 9.97 Å². The number of nitrogens with one attached hydrogen (secondary N) is 2. The molecule has 274 valence electrons. The number of pyridine rings is 1. The molecule has 0 spiro atoms. The van der Waals surface area contributed by atoms with Crippen LogP contribution >= 0.6 is 0 Å². The standard InChI is InChI=1S/C52H33N4O2.2Li/c57-50-41(24-22-33-16-10-28-53-48(33)50)45-37-18-7-8-19-38(37)47(42-25-23-34-17-11-29-54-49(34)51(42)58)46-36-20-9-21-39(35(36)26-27-40(45)46)52-55-43(31-12-3-1-4-13-31)30-44(56-52)32-14-5-2-6-15-32;;/h1-30,49,51,57H;;/q-1;2*+1/p+1. The summed E-state index contributed by atoms with van der Waals surface area (Å²) in [6.07, 6.45) is 10.5. The molecule has 1 aliphatic carbocycles. The Morgan fingerprint density at radius 3 is 1.97 bits per heavy atom. The van der Waals surface area contributed by atoms with Crippen LogP contribution < -0.4 is 57.9 Å².